The van der Waals surface area contributed by atoms with E-state index in [9.17, 15) is 9.59 Å². The Morgan fingerprint density at radius 2 is 2.06 bits per heavy atom. The number of nitriles is 1. The minimum atomic E-state index is -0.473. The molecule has 1 heterocycles. The highest BCUT2D eigenvalue weighted by Crippen LogP contribution is 2.13. The van der Waals surface area contributed by atoms with Crippen molar-refractivity contribution < 1.29 is 9.59 Å². The molecule has 1 aromatic rings. The number of rotatable bonds is 3. The van der Waals surface area contributed by atoms with E-state index in [1.807, 2.05) is 6.07 Å². The first-order chi connectivity index (χ1) is 8.25. The van der Waals surface area contributed by atoms with Crippen LogP contribution in [0.25, 0.3) is 0 Å². The first kappa shape index (κ1) is 14.0. The lowest BCUT2D eigenvalue weighted by atomic mass is 9.91. The molecule has 0 fully saturated rings. The maximum absolute atomic E-state index is 11.8. The van der Waals surface area contributed by atoms with Gasteiger partial charge in [0.05, 0.1) is 12.1 Å². The van der Waals surface area contributed by atoms with Gasteiger partial charge in [0.25, 0.3) is 5.91 Å². The summed E-state index contributed by atoms with van der Waals surface area (Å²) in [5, 5.41) is 11.3. The molecule has 0 saturated carbocycles. The summed E-state index contributed by atoms with van der Waals surface area (Å²) in [7, 11) is 1.68. The van der Waals surface area contributed by atoms with Crippen molar-refractivity contribution in [2.75, 3.05) is 6.54 Å². The molecule has 0 spiro atoms. The predicted octanol–water partition coefficient (Wildman–Crippen LogP) is 1.24. The van der Waals surface area contributed by atoms with Crippen molar-refractivity contribution in [3.05, 3.63) is 23.5 Å². The molecule has 0 atom stereocenters. The Morgan fingerprint density at radius 3 is 2.50 bits per heavy atom. The van der Waals surface area contributed by atoms with Crippen LogP contribution in [0.15, 0.2) is 12.3 Å². The number of carbonyl (C=O) groups is 2. The Bertz CT molecular complexity index is 515. The Hall–Kier alpha value is -2.09. The number of hydrogen-bond acceptors (Lipinski definition) is 3. The van der Waals surface area contributed by atoms with Crippen molar-refractivity contribution in [3.8, 4) is 6.07 Å². The number of nitrogens with zero attached hydrogens (tertiary/aromatic N) is 2. The van der Waals surface area contributed by atoms with E-state index in [1.54, 1.807) is 38.6 Å². The molecule has 0 bridgehead atoms. The molecule has 0 aromatic carbocycles. The summed E-state index contributed by atoms with van der Waals surface area (Å²) in [4.78, 5) is 23.5. The molecule has 18 heavy (non-hydrogen) atoms. The number of ketones is 1. The number of aryl methyl sites for hydroxylation is 1. The van der Waals surface area contributed by atoms with Crippen LogP contribution in [-0.4, -0.2) is 22.8 Å². The Balaban J connectivity index is 2.70. The van der Waals surface area contributed by atoms with E-state index in [1.165, 1.54) is 6.07 Å². The van der Waals surface area contributed by atoms with Gasteiger partial charge in [0.1, 0.15) is 11.8 Å². The summed E-state index contributed by atoms with van der Waals surface area (Å²) in [5.74, 6) is -0.387. The third kappa shape index (κ3) is 3.20. The molecule has 1 N–H and O–H groups in total. The number of nitrogens with one attached hydrogen (secondary N) is 1. The number of aromatic nitrogens is 1. The van der Waals surface area contributed by atoms with Crippen LogP contribution in [0, 0.1) is 16.7 Å². The summed E-state index contributed by atoms with van der Waals surface area (Å²) in [6.45, 7) is 5.41. The van der Waals surface area contributed by atoms with Crippen molar-refractivity contribution in [2.24, 2.45) is 12.5 Å². The molecule has 1 aromatic heterocycles. The van der Waals surface area contributed by atoms with Gasteiger partial charge in [-0.3, -0.25) is 9.59 Å². The third-order valence-corrected chi connectivity index (χ3v) is 2.61. The van der Waals surface area contributed by atoms with Crippen LogP contribution in [0.3, 0.4) is 0 Å². The van der Waals surface area contributed by atoms with E-state index in [-0.39, 0.29) is 18.2 Å². The van der Waals surface area contributed by atoms with Crippen LogP contribution in [0.1, 0.15) is 36.8 Å². The molecule has 0 saturated heterocycles. The molecule has 5 heteroatoms. The number of Topliss-reactive ketones (excluding diaryl/α,β-unsaturated/α-hetero) is 1. The zero-order chi connectivity index (χ0) is 13.9. The van der Waals surface area contributed by atoms with Gasteiger partial charge in [-0.15, -0.1) is 0 Å². The Labute approximate surface area is 106 Å². The molecule has 0 unspecified atom stereocenters. The fourth-order valence-corrected chi connectivity index (χ4v) is 1.37. The van der Waals surface area contributed by atoms with Crippen molar-refractivity contribution in [2.45, 2.75) is 20.8 Å². The summed E-state index contributed by atoms with van der Waals surface area (Å²) < 4.78 is 1.56. The summed E-state index contributed by atoms with van der Waals surface area (Å²) in [6.07, 6.45) is 1.57. The van der Waals surface area contributed by atoms with Gasteiger partial charge in [0, 0.05) is 18.7 Å². The normalized spacial score (nSPS) is 10.8. The van der Waals surface area contributed by atoms with Crippen LogP contribution in [0.5, 0.6) is 0 Å². The average Bonchev–Trinajstić information content (AvgIpc) is 2.65. The van der Waals surface area contributed by atoms with Crippen LogP contribution in [-0.2, 0) is 11.8 Å². The summed E-state index contributed by atoms with van der Waals surface area (Å²) >= 11 is 0. The van der Waals surface area contributed by atoms with E-state index in [2.05, 4.69) is 5.32 Å². The minimum Gasteiger partial charge on any atom is -0.345 e. The van der Waals surface area contributed by atoms with Crippen molar-refractivity contribution in [1.82, 2.24) is 9.88 Å². The second kappa shape index (κ2) is 5.05. The minimum absolute atomic E-state index is 0.00456. The summed E-state index contributed by atoms with van der Waals surface area (Å²) in [5.41, 5.74) is 0.317. The molecule has 0 aliphatic rings. The predicted molar refractivity (Wildman–Crippen MR) is 66.9 cm³/mol. The number of hydrogen-bond donors (Lipinski definition) is 1. The lowest BCUT2D eigenvalue weighted by Crippen LogP contribution is -2.36. The van der Waals surface area contributed by atoms with Crippen LogP contribution in [0.2, 0.25) is 0 Å². The van der Waals surface area contributed by atoms with Gasteiger partial charge in [-0.2, -0.15) is 5.26 Å². The zero-order valence-corrected chi connectivity index (χ0v) is 11.1. The van der Waals surface area contributed by atoms with Crippen molar-refractivity contribution in [3.63, 3.8) is 0 Å². The first-order valence-electron chi connectivity index (χ1n) is 5.63. The maximum atomic E-state index is 11.8. The highest BCUT2D eigenvalue weighted by Gasteiger charge is 2.22. The quantitative estimate of drug-likeness (QED) is 0.873. The molecule has 5 nitrogen and oxygen atoms in total. The zero-order valence-electron chi connectivity index (χ0n) is 11.1. The lowest BCUT2D eigenvalue weighted by Gasteiger charge is -2.16. The Morgan fingerprint density at radius 1 is 1.44 bits per heavy atom. The largest absolute Gasteiger partial charge is 0.345 e. The van der Waals surface area contributed by atoms with E-state index in [0.29, 0.717) is 11.3 Å². The molecule has 0 aliphatic carbocycles. The van der Waals surface area contributed by atoms with Gasteiger partial charge >= 0.3 is 0 Å². The molecule has 1 rings (SSSR count). The standard InChI is InChI=1S/C13H17N3O2/c1-13(2,3)11(17)7-15-12(18)10-5-9(6-14)8-16(10)4/h5,8H,7H2,1-4H3,(H,15,18). The number of amides is 1. The molecule has 1 amide bonds. The molecule has 96 valence electrons. The fraction of sp³-hybridized carbons (Fsp3) is 0.462. The molecule has 0 aliphatic heterocycles. The van der Waals surface area contributed by atoms with Crippen LogP contribution < -0.4 is 5.32 Å². The highest BCUT2D eigenvalue weighted by atomic mass is 16.2. The van der Waals surface area contributed by atoms with Gasteiger partial charge < -0.3 is 9.88 Å². The van der Waals surface area contributed by atoms with Crippen LogP contribution in [0.4, 0.5) is 0 Å². The second-order valence-electron chi connectivity index (χ2n) is 5.19. The van der Waals surface area contributed by atoms with Gasteiger partial charge in [0.15, 0.2) is 5.78 Å². The second-order valence-corrected chi connectivity index (χ2v) is 5.19. The maximum Gasteiger partial charge on any atom is 0.268 e. The smallest absolute Gasteiger partial charge is 0.268 e. The van der Waals surface area contributed by atoms with E-state index in [0.717, 1.165) is 0 Å². The molecular weight excluding hydrogens is 230 g/mol. The average molecular weight is 247 g/mol. The molecular formula is C13H17N3O2. The molecule has 0 radical (unpaired) electrons. The third-order valence-electron chi connectivity index (χ3n) is 2.61. The van der Waals surface area contributed by atoms with Gasteiger partial charge in [-0.25, -0.2) is 0 Å². The van der Waals surface area contributed by atoms with Crippen molar-refractivity contribution >= 4 is 11.7 Å². The van der Waals surface area contributed by atoms with Gasteiger partial charge in [-0.05, 0) is 6.07 Å². The lowest BCUT2D eigenvalue weighted by molar-refractivity contribution is -0.125. The van der Waals surface area contributed by atoms with Gasteiger partial charge in [-0.1, -0.05) is 20.8 Å². The van der Waals surface area contributed by atoms with E-state index < -0.39 is 5.41 Å². The van der Waals surface area contributed by atoms with Crippen molar-refractivity contribution in [1.29, 1.82) is 5.26 Å². The fourth-order valence-electron chi connectivity index (χ4n) is 1.37. The van der Waals surface area contributed by atoms with Crippen LogP contribution >= 0.6 is 0 Å². The first-order valence-corrected chi connectivity index (χ1v) is 5.63. The van der Waals surface area contributed by atoms with E-state index in [4.69, 9.17) is 5.26 Å². The monoisotopic (exact) mass is 247 g/mol. The Kier molecular flexibility index (Phi) is 3.92. The van der Waals surface area contributed by atoms with E-state index >= 15 is 0 Å². The topological polar surface area (TPSA) is 74.9 Å². The SMILES string of the molecule is Cn1cc(C#N)cc1C(=O)NCC(=O)C(C)(C)C. The van der Waals surface area contributed by atoms with Gasteiger partial charge in [0.2, 0.25) is 0 Å². The number of carbonyl (C=O) groups excluding carboxylic acids is 2. The highest BCUT2D eigenvalue weighted by molar-refractivity contribution is 5.96. The summed E-state index contributed by atoms with van der Waals surface area (Å²) in [6, 6.07) is 3.46.